The quantitative estimate of drug-likeness (QED) is 0.0679. The number of ketones is 1. The molecule has 0 amide bonds. The first-order chi connectivity index (χ1) is 27.3. The molecule has 0 spiro atoms. The summed E-state index contributed by atoms with van der Waals surface area (Å²) in [6.45, 7) is 24.6. The van der Waals surface area contributed by atoms with Gasteiger partial charge in [-0.3, -0.25) is 4.79 Å². The number of aliphatic hydroxyl groups excluding tert-OH is 1. The molecular weight excluding hydrogens is 915 g/mol. The van der Waals surface area contributed by atoms with Crippen LogP contribution >= 0.6 is 0 Å². The number of carbonyl (C=O) groups excluding carboxylic acids is 1. The van der Waals surface area contributed by atoms with Crippen LogP contribution in [-0.2, 0) is 30.3 Å². The van der Waals surface area contributed by atoms with Gasteiger partial charge in [0.25, 0.3) is 0 Å². The van der Waals surface area contributed by atoms with Crippen LogP contribution in [0.15, 0.2) is 97.0 Å². The van der Waals surface area contributed by atoms with E-state index in [0.29, 0.717) is 10.8 Å². The van der Waals surface area contributed by atoms with Crippen LogP contribution in [0.25, 0.3) is 44.1 Å². The number of pyridine rings is 2. The molecule has 2 aromatic heterocycles. The van der Waals surface area contributed by atoms with Gasteiger partial charge in [0.05, 0.1) is 0 Å². The summed E-state index contributed by atoms with van der Waals surface area (Å²) in [4.78, 5) is 21.2. The minimum absolute atomic E-state index is 0. The number of hydrogen-bond acceptors (Lipinski definition) is 4. The molecule has 0 saturated carbocycles. The average Bonchev–Trinajstić information content (AvgIpc) is 3.20. The normalized spacial score (nSPS) is 11.9. The van der Waals surface area contributed by atoms with Crippen LogP contribution < -0.4 is 0 Å². The zero-order valence-electron chi connectivity index (χ0n) is 36.8. The van der Waals surface area contributed by atoms with Crippen LogP contribution in [0.4, 0.5) is 8.78 Å². The van der Waals surface area contributed by atoms with E-state index in [4.69, 9.17) is 0 Å². The van der Waals surface area contributed by atoms with Gasteiger partial charge < -0.3 is 15.1 Å². The summed E-state index contributed by atoms with van der Waals surface area (Å²) in [5.74, 6) is -0.838. The summed E-state index contributed by atoms with van der Waals surface area (Å²) in [5, 5.41) is 12.8. The summed E-state index contributed by atoms with van der Waals surface area (Å²) in [7, 11) is 0. The van der Waals surface area contributed by atoms with Crippen molar-refractivity contribution < 1.29 is 38.8 Å². The fraction of sp³-hybridized carbons (Fsp3) is 0.365. The van der Waals surface area contributed by atoms with Crippen LogP contribution in [0.2, 0.25) is 0 Å². The van der Waals surface area contributed by atoms with Crippen molar-refractivity contribution in [1.29, 1.82) is 0 Å². The summed E-state index contributed by atoms with van der Waals surface area (Å²) < 4.78 is 28.0. The van der Waals surface area contributed by atoms with E-state index in [0.717, 1.165) is 81.7 Å². The Morgan fingerprint density at radius 2 is 1.41 bits per heavy atom. The van der Waals surface area contributed by atoms with Crippen LogP contribution in [-0.4, -0.2) is 20.9 Å². The third-order valence-electron chi connectivity index (χ3n) is 11.7. The molecule has 0 atom stereocenters. The van der Waals surface area contributed by atoms with Gasteiger partial charge in [0, 0.05) is 60.9 Å². The number of rotatable bonds is 9. The number of aryl methyl sites for hydroxylation is 3. The fourth-order valence-corrected chi connectivity index (χ4v) is 6.79. The number of benzene rings is 4. The maximum atomic E-state index is 14.2. The standard InChI is InChI=1S/C22H16F2N.C15H16N.C15H28O2.Ir/c1-12-6-13(2)8-15(7-12)22-18-5-4-17-19(9-16(23)10-20(17)24)21(18)14(3)11-25-22;1-15(2,3)13-9-10-16-14(11-13)12-7-5-4-6-8-12;1-7-14(5,8-2)12(16)11-13(17)15(6,9-3)10-4;/h4-7,9-11H,1-3H3;4-7,9-11H,1-3H3;11,16H,7-10H2,1-6H3;/q2*-1;;/b;;12-11-;. The monoisotopic (exact) mass is 975 g/mol. The van der Waals surface area contributed by atoms with E-state index in [1.54, 1.807) is 12.3 Å². The number of allylic oxidation sites excluding steroid dienone is 2. The van der Waals surface area contributed by atoms with Gasteiger partial charge in [-0.05, 0) is 88.8 Å². The number of carbonyl (C=O) groups is 1. The number of nitrogens with zero attached hydrogens (tertiary/aromatic N) is 2. The molecule has 0 aliphatic heterocycles. The van der Waals surface area contributed by atoms with E-state index in [-0.39, 0.29) is 47.9 Å². The molecule has 0 saturated heterocycles. The van der Waals surface area contributed by atoms with Crippen molar-refractivity contribution in [3.63, 3.8) is 0 Å². The average molecular weight is 975 g/mol. The molecule has 2 heterocycles. The predicted octanol–water partition coefficient (Wildman–Crippen LogP) is 14.6. The first-order valence-electron chi connectivity index (χ1n) is 20.4. The van der Waals surface area contributed by atoms with Crippen molar-refractivity contribution >= 4 is 27.3 Å². The Labute approximate surface area is 365 Å². The van der Waals surface area contributed by atoms with Gasteiger partial charge in [0.1, 0.15) is 17.4 Å². The first-order valence-corrected chi connectivity index (χ1v) is 20.4. The first kappa shape index (κ1) is 48.8. The Hall–Kier alpha value is -4.58. The molecule has 4 nitrogen and oxygen atoms in total. The van der Waals surface area contributed by atoms with Crippen molar-refractivity contribution in [3.05, 3.63) is 143 Å². The molecular formula is C52H60F2IrN2O2-2. The summed E-state index contributed by atoms with van der Waals surface area (Å²) in [6, 6.07) is 28.6. The minimum atomic E-state index is -0.576. The van der Waals surface area contributed by atoms with Crippen LogP contribution in [0.3, 0.4) is 0 Å². The second kappa shape index (κ2) is 20.6. The SMILES string of the molecule is CC(C)(C)c1ccnc(-c2[c-]cccc2)c1.CCC(C)(CC)C(=O)/C=C(\O)C(C)(CC)CC.Cc1[c-]c(-c2ncc(C)c3c2ccc2c(F)cc(F)cc23)cc(C)c1.[Ir]. The molecule has 0 fully saturated rings. The van der Waals surface area contributed by atoms with E-state index >= 15 is 0 Å². The number of aromatic nitrogens is 2. The Bertz CT molecular complexity index is 2370. The van der Waals surface area contributed by atoms with Gasteiger partial charge >= 0.3 is 0 Å². The molecule has 6 rings (SSSR count). The molecule has 315 valence electrons. The smallest absolute Gasteiger partial charge is 0.164 e. The van der Waals surface area contributed by atoms with E-state index in [1.165, 1.54) is 17.7 Å². The van der Waals surface area contributed by atoms with Crippen molar-refractivity contribution in [2.75, 3.05) is 0 Å². The van der Waals surface area contributed by atoms with Crippen molar-refractivity contribution in [1.82, 2.24) is 9.97 Å². The molecule has 59 heavy (non-hydrogen) atoms. The van der Waals surface area contributed by atoms with Gasteiger partial charge in [0.15, 0.2) is 5.78 Å². The number of hydrogen-bond donors (Lipinski definition) is 1. The maximum absolute atomic E-state index is 14.2. The Morgan fingerprint density at radius 3 is 1.98 bits per heavy atom. The fourth-order valence-electron chi connectivity index (χ4n) is 6.79. The zero-order chi connectivity index (χ0) is 43.0. The molecule has 0 aliphatic carbocycles. The van der Waals surface area contributed by atoms with E-state index in [9.17, 15) is 18.7 Å². The molecule has 1 radical (unpaired) electrons. The molecule has 6 aromatic rings. The topological polar surface area (TPSA) is 63.1 Å². The molecule has 1 N–H and O–H groups in total. The second-order valence-electron chi connectivity index (χ2n) is 16.9. The third-order valence-corrected chi connectivity index (χ3v) is 11.7. The molecule has 0 unspecified atom stereocenters. The van der Waals surface area contributed by atoms with Crippen LogP contribution in [0.5, 0.6) is 0 Å². The summed E-state index contributed by atoms with van der Waals surface area (Å²) in [6.07, 6.45) is 8.38. The zero-order valence-corrected chi connectivity index (χ0v) is 39.2. The van der Waals surface area contributed by atoms with E-state index in [1.807, 2.05) is 105 Å². The van der Waals surface area contributed by atoms with Gasteiger partial charge in [-0.25, -0.2) is 8.78 Å². The van der Waals surface area contributed by atoms with Crippen LogP contribution in [0, 0.1) is 55.4 Å². The second-order valence-corrected chi connectivity index (χ2v) is 16.9. The third kappa shape index (κ3) is 11.8. The predicted molar refractivity (Wildman–Crippen MR) is 238 cm³/mol. The van der Waals surface area contributed by atoms with Crippen molar-refractivity contribution in [2.24, 2.45) is 10.8 Å². The largest absolute Gasteiger partial charge is 0.512 e. The number of aliphatic hydroxyl groups is 1. The van der Waals surface area contributed by atoms with Gasteiger partial charge in [-0.1, -0.05) is 94.4 Å². The van der Waals surface area contributed by atoms with Gasteiger partial charge in [0.2, 0.25) is 0 Å². The minimum Gasteiger partial charge on any atom is -0.512 e. The molecule has 7 heteroatoms. The van der Waals surface area contributed by atoms with Crippen molar-refractivity contribution in [3.8, 4) is 22.5 Å². The van der Waals surface area contributed by atoms with Gasteiger partial charge in [-0.15, -0.1) is 70.8 Å². The molecule has 4 aromatic carbocycles. The number of halogens is 2. The summed E-state index contributed by atoms with van der Waals surface area (Å²) in [5.41, 5.74) is 7.61. The molecule has 0 aliphatic rings. The van der Waals surface area contributed by atoms with E-state index < -0.39 is 11.6 Å². The van der Waals surface area contributed by atoms with Crippen LogP contribution in [0.1, 0.15) is 110 Å². The van der Waals surface area contributed by atoms with E-state index in [2.05, 4.69) is 61.1 Å². The Kier molecular flexibility index (Phi) is 17.0. The Morgan fingerprint density at radius 1 is 0.763 bits per heavy atom. The molecule has 0 bridgehead atoms. The van der Waals surface area contributed by atoms with Crippen molar-refractivity contribution in [2.45, 2.75) is 114 Å². The Balaban J connectivity index is 0.000000244. The maximum Gasteiger partial charge on any atom is 0.164 e. The number of fused-ring (bicyclic) bond motifs is 3. The summed E-state index contributed by atoms with van der Waals surface area (Å²) >= 11 is 0. The van der Waals surface area contributed by atoms with Gasteiger partial charge in [-0.2, -0.15) is 0 Å².